The highest BCUT2D eigenvalue weighted by molar-refractivity contribution is 5.07. The molecule has 1 saturated carbocycles. The van der Waals surface area contributed by atoms with Crippen molar-refractivity contribution in [2.24, 2.45) is 5.92 Å². The second-order valence-electron chi connectivity index (χ2n) is 5.82. The van der Waals surface area contributed by atoms with Gasteiger partial charge in [-0.15, -0.1) is 0 Å². The predicted molar refractivity (Wildman–Crippen MR) is 73.5 cm³/mol. The maximum atomic E-state index is 10.8. The van der Waals surface area contributed by atoms with Crippen LogP contribution < -0.4 is 0 Å². The predicted octanol–water partition coefficient (Wildman–Crippen LogP) is 3.34. The monoisotopic (exact) mass is 250 g/mol. The molecule has 1 aromatic heterocycles. The Morgan fingerprint density at radius 1 is 1.56 bits per heavy atom. The third-order valence-corrected chi connectivity index (χ3v) is 4.61. The Labute approximate surface area is 110 Å². The molecule has 3 heteroatoms. The largest absolute Gasteiger partial charge is 0.389 e. The van der Waals surface area contributed by atoms with Crippen LogP contribution >= 0.6 is 0 Å². The summed E-state index contributed by atoms with van der Waals surface area (Å²) in [7, 11) is 0. The quantitative estimate of drug-likeness (QED) is 0.870. The number of nitrogens with zero attached hydrogens (tertiary/aromatic N) is 2. The van der Waals surface area contributed by atoms with Crippen molar-refractivity contribution in [2.45, 2.75) is 70.9 Å². The average Bonchev–Trinajstić information content (AvgIpc) is 2.95. The van der Waals surface area contributed by atoms with Crippen molar-refractivity contribution in [3.8, 4) is 0 Å². The van der Waals surface area contributed by atoms with Gasteiger partial charge >= 0.3 is 0 Å². The Hall–Kier alpha value is -0.830. The molecule has 0 aliphatic heterocycles. The molecule has 1 fully saturated rings. The Balaban J connectivity index is 2.07. The lowest BCUT2D eigenvalue weighted by atomic mass is 9.85. The van der Waals surface area contributed by atoms with E-state index in [1.165, 1.54) is 6.42 Å². The van der Waals surface area contributed by atoms with Crippen molar-refractivity contribution in [3.63, 3.8) is 0 Å². The molecule has 3 atom stereocenters. The molecule has 0 spiro atoms. The molecular formula is C15H26N2O. The van der Waals surface area contributed by atoms with Gasteiger partial charge in [0.25, 0.3) is 0 Å². The number of hydrogen-bond acceptors (Lipinski definition) is 2. The van der Waals surface area contributed by atoms with E-state index in [2.05, 4.69) is 31.9 Å². The SMILES string of the molecule is CCC(C)n1ccc(CC2(O)CCCC2CC)n1. The fourth-order valence-corrected chi connectivity index (χ4v) is 3.16. The van der Waals surface area contributed by atoms with E-state index in [0.717, 1.165) is 37.8 Å². The third kappa shape index (κ3) is 2.61. The van der Waals surface area contributed by atoms with Gasteiger partial charge < -0.3 is 5.11 Å². The Kier molecular flexibility index (Phi) is 4.10. The van der Waals surface area contributed by atoms with E-state index < -0.39 is 5.60 Å². The molecule has 0 saturated heterocycles. The first-order valence-electron chi connectivity index (χ1n) is 7.35. The molecule has 18 heavy (non-hydrogen) atoms. The summed E-state index contributed by atoms with van der Waals surface area (Å²) in [5, 5.41) is 15.4. The van der Waals surface area contributed by atoms with Crippen LogP contribution in [0.5, 0.6) is 0 Å². The highest BCUT2D eigenvalue weighted by Gasteiger charge is 2.40. The molecule has 1 N–H and O–H groups in total. The summed E-state index contributed by atoms with van der Waals surface area (Å²) < 4.78 is 2.02. The Morgan fingerprint density at radius 2 is 2.33 bits per heavy atom. The van der Waals surface area contributed by atoms with Crippen LogP contribution in [-0.2, 0) is 6.42 Å². The molecule has 1 aliphatic carbocycles. The zero-order valence-corrected chi connectivity index (χ0v) is 11.9. The van der Waals surface area contributed by atoms with Gasteiger partial charge in [-0.3, -0.25) is 4.68 Å². The zero-order chi connectivity index (χ0) is 13.2. The first kappa shape index (κ1) is 13.6. The van der Waals surface area contributed by atoms with Gasteiger partial charge in [-0.05, 0) is 38.2 Å². The van der Waals surface area contributed by atoms with Crippen LogP contribution in [0.4, 0.5) is 0 Å². The van der Waals surface area contributed by atoms with Crippen LogP contribution in [-0.4, -0.2) is 20.5 Å². The van der Waals surface area contributed by atoms with Gasteiger partial charge in [-0.1, -0.05) is 26.7 Å². The van der Waals surface area contributed by atoms with Crippen molar-refractivity contribution in [1.82, 2.24) is 9.78 Å². The highest BCUT2D eigenvalue weighted by Crippen LogP contribution is 2.39. The maximum absolute atomic E-state index is 10.8. The van der Waals surface area contributed by atoms with Crippen molar-refractivity contribution in [1.29, 1.82) is 0 Å². The number of aromatic nitrogens is 2. The minimum Gasteiger partial charge on any atom is -0.389 e. The van der Waals surface area contributed by atoms with E-state index in [1.54, 1.807) is 0 Å². The number of hydrogen-bond donors (Lipinski definition) is 1. The van der Waals surface area contributed by atoms with Crippen molar-refractivity contribution < 1.29 is 5.11 Å². The van der Waals surface area contributed by atoms with Crippen molar-refractivity contribution in [2.75, 3.05) is 0 Å². The first-order chi connectivity index (χ1) is 8.59. The smallest absolute Gasteiger partial charge is 0.0731 e. The zero-order valence-electron chi connectivity index (χ0n) is 11.9. The first-order valence-corrected chi connectivity index (χ1v) is 7.35. The molecule has 0 bridgehead atoms. The topological polar surface area (TPSA) is 38.0 Å². The van der Waals surface area contributed by atoms with E-state index >= 15 is 0 Å². The lowest BCUT2D eigenvalue weighted by Crippen LogP contribution is -2.35. The molecule has 3 unspecified atom stereocenters. The normalized spacial score (nSPS) is 29.7. The molecule has 0 radical (unpaired) electrons. The molecular weight excluding hydrogens is 224 g/mol. The van der Waals surface area contributed by atoms with Gasteiger partial charge in [0.15, 0.2) is 0 Å². The maximum Gasteiger partial charge on any atom is 0.0731 e. The van der Waals surface area contributed by atoms with Gasteiger partial charge in [0.2, 0.25) is 0 Å². The van der Waals surface area contributed by atoms with Gasteiger partial charge in [-0.25, -0.2) is 0 Å². The minimum absolute atomic E-state index is 0.443. The highest BCUT2D eigenvalue weighted by atomic mass is 16.3. The molecule has 0 amide bonds. The lowest BCUT2D eigenvalue weighted by Gasteiger charge is -2.28. The van der Waals surface area contributed by atoms with Crippen LogP contribution in [0.3, 0.4) is 0 Å². The second-order valence-corrected chi connectivity index (χ2v) is 5.82. The van der Waals surface area contributed by atoms with E-state index in [9.17, 15) is 5.11 Å². The lowest BCUT2D eigenvalue weighted by molar-refractivity contribution is 0.000484. The summed E-state index contributed by atoms with van der Waals surface area (Å²) in [5.41, 5.74) is 0.529. The summed E-state index contributed by atoms with van der Waals surface area (Å²) in [6.07, 6.45) is 8.17. The summed E-state index contributed by atoms with van der Waals surface area (Å²) in [4.78, 5) is 0. The van der Waals surface area contributed by atoms with Crippen LogP contribution in [0.25, 0.3) is 0 Å². The molecule has 3 nitrogen and oxygen atoms in total. The second kappa shape index (κ2) is 5.43. The van der Waals surface area contributed by atoms with Crippen LogP contribution in [0.15, 0.2) is 12.3 Å². The Morgan fingerprint density at radius 3 is 3.00 bits per heavy atom. The fourth-order valence-electron chi connectivity index (χ4n) is 3.16. The molecule has 102 valence electrons. The van der Waals surface area contributed by atoms with Crippen LogP contribution in [0.1, 0.15) is 64.6 Å². The van der Waals surface area contributed by atoms with Gasteiger partial charge in [-0.2, -0.15) is 5.10 Å². The minimum atomic E-state index is -0.511. The summed E-state index contributed by atoms with van der Waals surface area (Å²) in [5.74, 6) is 0.450. The van der Waals surface area contributed by atoms with Crippen LogP contribution in [0.2, 0.25) is 0 Å². The van der Waals surface area contributed by atoms with E-state index in [0.29, 0.717) is 12.0 Å². The molecule has 1 aliphatic rings. The van der Waals surface area contributed by atoms with Crippen molar-refractivity contribution in [3.05, 3.63) is 18.0 Å². The molecule has 2 rings (SSSR count). The fraction of sp³-hybridized carbons (Fsp3) is 0.800. The number of rotatable bonds is 5. The van der Waals surface area contributed by atoms with E-state index in [-0.39, 0.29) is 0 Å². The van der Waals surface area contributed by atoms with Crippen LogP contribution in [0, 0.1) is 5.92 Å². The van der Waals surface area contributed by atoms with Gasteiger partial charge in [0.1, 0.15) is 0 Å². The summed E-state index contributed by atoms with van der Waals surface area (Å²) >= 11 is 0. The number of aliphatic hydroxyl groups is 1. The summed E-state index contributed by atoms with van der Waals surface area (Å²) in [6.45, 7) is 6.53. The third-order valence-electron chi connectivity index (χ3n) is 4.61. The molecule has 1 heterocycles. The Bertz CT molecular complexity index is 388. The molecule has 0 aromatic carbocycles. The summed E-state index contributed by atoms with van der Waals surface area (Å²) in [6, 6.07) is 2.51. The standard InChI is InChI=1S/C15H26N2O/c1-4-12(3)17-10-8-14(16-17)11-15(18)9-6-7-13(15)5-2/h8,10,12-13,18H,4-7,9,11H2,1-3H3. The van der Waals surface area contributed by atoms with Gasteiger partial charge in [0.05, 0.1) is 11.3 Å². The van der Waals surface area contributed by atoms with E-state index in [4.69, 9.17) is 0 Å². The van der Waals surface area contributed by atoms with Crippen molar-refractivity contribution >= 4 is 0 Å². The van der Waals surface area contributed by atoms with E-state index in [1.807, 2.05) is 10.9 Å². The average molecular weight is 250 g/mol. The van der Waals surface area contributed by atoms with Gasteiger partial charge in [0, 0.05) is 18.7 Å². The molecule has 1 aromatic rings.